The van der Waals surface area contributed by atoms with E-state index >= 15 is 0 Å². The fourth-order valence-corrected chi connectivity index (χ4v) is 2.20. The molecule has 0 heterocycles. The molecule has 0 aromatic heterocycles. The van der Waals surface area contributed by atoms with Gasteiger partial charge in [-0.05, 0) is 17.7 Å². The summed E-state index contributed by atoms with van der Waals surface area (Å²) in [6.07, 6.45) is 0. The third-order valence-corrected chi connectivity index (χ3v) is 3.30. The number of aromatic carboxylic acids is 3. The van der Waals surface area contributed by atoms with Crippen LogP contribution >= 0.6 is 0 Å². The number of carbonyl (C=O) groups is 4. The third kappa shape index (κ3) is 3.81. The van der Waals surface area contributed by atoms with E-state index in [4.69, 9.17) is 9.84 Å². The lowest BCUT2D eigenvalue weighted by Crippen LogP contribution is -2.20. The monoisotopic (exact) mass is 344 g/mol. The van der Waals surface area contributed by atoms with Crippen LogP contribution in [0.4, 0.5) is 0 Å². The summed E-state index contributed by atoms with van der Waals surface area (Å²) in [5, 5.41) is 27.5. The SMILES string of the molecule is O=C(O)c1ccc(C(=O)OCc2ccccc2)c(C(=O)O)c1C(=O)O. The Bertz CT molecular complexity index is 854. The van der Waals surface area contributed by atoms with Crippen molar-refractivity contribution in [1.29, 1.82) is 0 Å². The van der Waals surface area contributed by atoms with Gasteiger partial charge in [-0.2, -0.15) is 0 Å². The minimum Gasteiger partial charge on any atom is -0.478 e. The maximum atomic E-state index is 12.2. The second-order valence-corrected chi connectivity index (χ2v) is 4.89. The van der Waals surface area contributed by atoms with Crippen molar-refractivity contribution < 1.29 is 39.2 Å². The van der Waals surface area contributed by atoms with Gasteiger partial charge in [-0.15, -0.1) is 0 Å². The molecule has 0 saturated heterocycles. The smallest absolute Gasteiger partial charge is 0.339 e. The molecule has 0 bridgehead atoms. The summed E-state index contributed by atoms with van der Waals surface area (Å²) >= 11 is 0. The molecule has 0 aliphatic rings. The Hall–Kier alpha value is -3.68. The van der Waals surface area contributed by atoms with Gasteiger partial charge in [-0.25, -0.2) is 19.2 Å². The molecule has 0 aliphatic carbocycles. The second kappa shape index (κ2) is 7.26. The highest BCUT2D eigenvalue weighted by Crippen LogP contribution is 2.22. The van der Waals surface area contributed by atoms with Crippen LogP contribution < -0.4 is 0 Å². The van der Waals surface area contributed by atoms with Gasteiger partial charge in [0, 0.05) is 0 Å². The molecule has 2 aromatic rings. The van der Waals surface area contributed by atoms with E-state index in [0.29, 0.717) is 5.56 Å². The predicted molar refractivity (Wildman–Crippen MR) is 82.9 cm³/mol. The van der Waals surface area contributed by atoms with Crippen molar-refractivity contribution in [2.45, 2.75) is 6.61 Å². The van der Waals surface area contributed by atoms with Crippen molar-refractivity contribution in [3.05, 3.63) is 70.3 Å². The van der Waals surface area contributed by atoms with Gasteiger partial charge in [-0.3, -0.25) is 0 Å². The van der Waals surface area contributed by atoms with Gasteiger partial charge >= 0.3 is 23.9 Å². The highest BCUT2D eigenvalue weighted by atomic mass is 16.5. The summed E-state index contributed by atoms with van der Waals surface area (Å²) in [5.74, 6) is -6.20. The standard InChI is InChI=1S/C17H12O8/c18-14(19)10-6-7-11(13(16(22)23)12(10)15(20)21)17(24)25-8-9-4-2-1-3-5-9/h1-7H,8H2,(H,18,19)(H,20,21)(H,22,23). The maximum absolute atomic E-state index is 12.2. The fourth-order valence-electron chi connectivity index (χ4n) is 2.20. The molecule has 128 valence electrons. The molecule has 0 amide bonds. The first-order valence-electron chi connectivity index (χ1n) is 6.91. The zero-order chi connectivity index (χ0) is 18.6. The van der Waals surface area contributed by atoms with E-state index in [0.717, 1.165) is 12.1 Å². The number of carbonyl (C=O) groups excluding carboxylic acids is 1. The molecule has 0 aliphatic heterocycles. The lowest BCUT2D eigenvalue weighted by atomic mass is 9.95. The molecule has 0 fully saturated rings. The number of carboxylic acid groups (broad SMARTS) is 3. The van der Waals surface area contributed by atoms with Crippen molar-refractivity contribution in [2.75, 3.05) is 0 Å². The van der Waals surface area contributed by atoms with Crippen LogP contribution in [0.1, 0.15) is 47.0 Å². The first-order valence-corrected chi connectivity index (χ1v) is 6.91. The number of rotatable bonds is 6. The number of hydrogen-bond donors (Lipinski definition) is 3. The molecule has 2 aromatic carbocycles. The van der Waals surface area contributed by atoms with Crippen LogP contribution in [0.2, 0.25) is 0 Å². The zero-order valence-corrected chi connectivity index (χ0v) is 12.6. The van der Waals surface area contributed by atoms with Crippen molar-refractivity contribution >= 4 is 23.9 Å². The van der Waals surface area contributed by atoms with Gasteiger partial charge in [-0.1, -0.05) is 30.3 Å². The number of ether oxygens (including phenoxy) is 1. The molecular weight excluding hydrogens is 332 g/mol. The Morgan fingerprint density at radius 1 is 0.720 bits per heavy atom. The first kappa shape index (κ1) is 17.7. The molecule has 8 nitrogen and oxygen atoms in total. The summed E-state index contributed by atoms with van der Waals surface area (Å²) in [4.78, 5) is 46.1. The van der Waals surface area contributed by atoms with Crippen molar-refractivity contribution in [3.63, 3.8) is 0 Å². The van der Waals surface area contributed by atoms with Gasteiger partial charge in [0.05, 0.1) is 22.3 Å². The quantitative estimate of drug-likeness (QED) is 0.677. The molecule has 25 heavy (non-hydrogen) atoms. The van der Waals surface area contributed by atoms with E-state index in [1.807, 2.05) is 0 Å². The Kier molecular flexibility index (Phi) is 5.13. The molecule has 0 radical (unpaired) electrons. The largest absolute Gasteiger partial charge is 0.478 e. The Balaban J connectivity index is 2.44. The van der Waals surface area contributed by atoms with E-state index in [1.54, 1.807) is 30.3 Å². The van der Waals surface area contributed by atoms with E-state index in [9.17, 15) is 29.4 Å². The molecule has 8 heteroatoms. The summed E-state index contributed by atoms with van der Waals surface area (Å²) in [6, 6.07) is 10.3. The van der Waals surface area contributed by atoms with Crippen LogP contribution in [0.5, 0.6) is 0 Å². The van der Waals surface area contributed by atoms with Crippen LogP contribution in [-0.2, 0) is 11.3 Å². The van der Waals surface area contributed by atoms with E-state index in [1.165, 1.54) is 0 Å². The Morgan fingerprint density at radius 2 is 1.24 bits per heavy atom. The molecule has 0 atom stereocenters. The summed E-state index contributed by atoms with van der Waals surface area (Å²) in [6.45, 7) is -0.151. The summed E-state index contributed by atoms with van der Waals surface area (Å²) in [7, 11) is 0. The molecule has 0 unspecified atom stereocenters. The summed E-state index contributed by atoms with van der Waals surface area (Å²) in [5.41, 5.74) is -2.52. The van der Waals surface area contributed by atoms with Crippen molar-refractivity contribution in [1.82, 2.24) is 0 Å². The molecule has 3 N–H and O–H groups in total. The lowest BCUT2D eigenvalue weighted by molar-refractivity contribution is 0.0462. The van der Waals surface area contributed by atoms with Crippen LogP contribution in [-0.4, -0.2) is 39.2 Å². The van der Waals surface area contributed by atoms with Gasteiger partial charge in [0.25, 0.3) is 0 Å². The minimum absolute atomic E-state index is 0.151. The molecule has 0 saturated carbocycles. The topological polar surface area (TPSA) is 138 Å². The number of esters is 1. The predicted octanol–water partition coefficient (Wildman–Crippen LogP) is 2.14. The van der Waals surface area contributed by atoms with Crippen LogP contribution in [0, 0.1) is 0 Å². The van der Waals surface area contributed by atoms with Crippen LogP contribution in [0.15, 0.2) is 42.5 Å². The zero-order valence-electron chi connectivity index (χ0n) is 12.6. The Morgan fingerprint density at radius 3 is 1.76 bits per heavy atom. The van der Waals surface area contributed by atoms with Gasteiger partial charge in [0.1, 0.15) is 6.61 Å². The van der Waals surface area contributed by atoms with E-state index < -0.39 is 46.1 Å². The average Bonchev–Trinajstić information content (AvgIpc) is 2.58. The number of hydrogen-bond acceptors (Lipinski definition) is 5. The van der Waals surface area contributed by atoms with Gasteiger partial charge < -0.3 is 20.1 Å². The minimum atomic E-state index is -1.77. The average molecular weight is 344 g/mol. The van der Waals surface area contributed by atoms with Gasteiger partial charge in [0.15, 0.2) is 0 Å². The fraction of sp³-hybridized carbons (Fsp3) is 0.0588. The molecular formula is C17H12O8. The Labute approximate surface area is 140 Å². The van der Waals surface area contributed by atoms with Gasteiger partial charge in [0.2, 0.25) is 0 Å². The molecule has 0 spiro atoms. The maximum Gasteiger partial charge on any atom is 0.339 e. The first-order chi connectivity index (χ1) is 11.8. The van der Waals surface area contributed by atoms with E-state index in [-0.39, 0.29) is 6.61 Å². The lowest BCUT2D eigenvalue weighted by Gasteiger charge is -2.11. The third-order valence-electron chi connectivity index (χ3n) is 3.30. The normalized spacial score (nSPS) is 10.1. The second-order valence-electron chi connectivity index (χ2n) is 4.89. The van der Waals surface area contributed by atoms with Crippen LogP contribution in [0.25, 0.3) is 0 Å². The number of benzene rings is 2. The van der Waals surface area contributed by atoms with Crippen molar-refractivity contribution in [3.8, 4) is 0 Å². The highest BCUT2D eigenvalue weighted by molar-refractivity contribution is 6.14. The van der Waals surface area contributed by atoms with E-state index in [2.05, 4.69) is 0 Å². The van der Waals surface area contributed by atoms with Crippen LogP contribution in [0.3, 0.4) is 0 Å². The molecule has 2 rings (SSSR count). The highest BCUT2D eigenvalue weighted by Gasteiger charge is 2.30. The summed E-state index contributed by atoms with van der Waals surface area (Å²) < 4.78 is 5.00. The van der Waals surface area contributed by atoms with Crippen molar-refractivity contribution in [2.24, 2.45) is 0 Å². The number of carboxylic acids is 3.